The minimum atomic E-state index is -0.448. The summed E-state index contributed by atoms with van der Waals surface area (Å²) in [7, 11) is 1.62. The molecule has 0 aliphatic heterocycles. The summed E-state index contributed by atoms with van der Waals surface area (Å²) in [5, 5.41) is 0. The Hall–Kier alpha value is -1.39. The molecule has 1 rings (SSSR count). The number of nitrogens with zero attached hydrogens (tertiary/aromatic N) is 3. The first-order valence-corrected chi connectivity index (χ1v) is 5.11. The summed E-state index contributed by atoms with van der Waals surface area (Å²) in [5.41, 5.74) is -0.733. The van der Waals surface area contributed by atoms with E-state index in [4.69, 9.17) is 0 Å². The Labute approximate surface area is 88.4 Å². The zero-order valence-corrected chi connectivity index (χ0v) is 9.65. The van der Waals surface area contributed by atoms with E-state index in [1.165, 1.54) is 9.13 Å². The molecule has 1 aromatic heterocycles. The monoisotopic (exact) mass is 211 g/mol. The second-order valence-electron chi connectivity index (χ2n) is 3.91. The molecule has 1 unspecified atom stereocenters. The maximum Gasteiger partial charge on any atom is 0.353 e. The van der Waals surface area contributed by atoms with E-state index in [2.05, 4.69) is 4.98 Å². The summed E-state index contributed by atoms with van der Waals surface area (Å²) in [5.74, 6) is 0.755. The van der Waals surface area contributed by atoms with E-state index in [0.29, 0.717) is 18.3 Å². The smallest absolute Gasteiger partial charge is 0.285 e. The minimum absolute atomic E-state index is 0.284. The first kappa shape index (κ1) is 11.7. The normalized spacial score (nSPS) is 12.8. The van der Waals surface area contributed by atoms with Gasteiger partial charge in [0.05, 0.1) is 0 Å². The molecule has 0 radical (unpaired) electrons. The fourth-order valence-electron chi connectivity index (χ4n) is 1.27. The van der Waals surface area contributed by atoms with Gasteiger partial charge in [0, 0.05) is 13.6 Å². The number of hydrogen-bond donors (Lipinski definition) is 0. The molecule has 1 aromatic rings. The lowest BCUT2D eigenvalue weighted by Gasteiger charge is -2.11. The van der Waals surface area contributed by atoms with Gasteiger partial charge < -0.3 is 0 Å². The second-order valence-corrected chi connectivity index (χ2v) is 3.91. The van der Waals surface area contributed by atoms with E-state index in [1.807, 2.05) is 13.8 Å². The van der Waals surface area contributed by atoms with Gasteiger partial charge in [0.15, 0.2) is 0 Å². The van der Waals surface area contributed by atoms with Gasteiger partial charge in [0.1, 0.15) is 5.82 Å². The van der Waals surface area contributed by atoms with Gasteiger partial charge in [-0.15, -0.1) is 0 Å². The molecular formula is C10H17N3O2. The Morgan fingerprint density at radius 1 is 1.40 bits per heavy atom. The molecule has 1 heterocycles. The Balaban J connectivity index is 3.25. The molecule has 0 spiro atoms. The van der Waals surface area contributed by atoms with Gasteiger partial charge in [-0.2, -0.15) is 4.98 Å². The van der Waals surface area contributed by atoms with E-state index in [-0.39, 0.29) is 5.69 Å². The van der Waals surface area contributed by atoms with Crippen molar-refractivity contribution in [3.8, 4) is 0 Å². The molecule has 1 atom stereocenters. The third-order valence-electron chi connectivity index (χ3n) is 2.68. The molecule has 0 saturated carbocycles. The summed E-state index contributed by atoms with van der Waals surface area (Å²) < 4.78 is 2.59. The van der Waals surface area contributed by atoms with Crippen molar-refractivity contribution in [1.82, 2.24) is 14.1 Å². The molecular weight excluding hydrogens is 194 g/mol. The molecule has 0 amide bonds. The number of hydrogen-bond acceptors (Lipinski definition) is 3. The lowest BCUT2D eigenvalue weighted by molar-refractivity contribution is 0.426. The van der Waals surface area contributed by atoms with Crippen molar-refractivity contribution in [3.63, 3.8) is 0 Å². The third kappa shape index (κ3) is 2.34. The van der Waals surface area contributed by atoms with Crippen LogP contribution >= 0.6 is 0 Å². The van der Waals surface area contributed by atoms with Crippen LogP contribution in [0.2, 0.25) is 0 Å². The fourth-order valence-corrected chi connectivity index (χ4v) is 1.27. The van der Waals surface area contributed by atoms with Crippen LogP contribution in [0.15, 0.2) is 9.59 Å². The topological polar surface area (TPSA) is 56.9 Å². The Morgan fingerprint density at radius 2 is 2.00 bits per heavy atom. The van der Waals surface area contributed by atoms with E-state index in [1.54, 1.807) is 14.0 Å². The SMILES string of the molecule is CCC(C)Cn1c(=O)nc(C)n(C)c1=O. The Morgan fingerprint density at radius 3 is 2.53 bits per heavy atom. The van der Waals surface area contributed by atoms with E-state index in [9.17, 15) is 9.59 Å². The van der Waals surface area contributed by atoms with Gasteiger partial charge in [-0.1, -0.05) is 20.3 Å². The highest BCUT2D eigenvalue weighted by atomic mass is 16.2. The lowest BCUT2D eigenvalue weighted by Crippen LogP contribution is -2.42. The first-order chi connectivity index (χ1) is 6.97. The van der Waals surface area contributed by atoms with Crippen molar-refractivity contribution in [3.05, 3.63) is 26.8 Å². The molecule has 5 nitrogen and oxygen atoms in total. The highest BCUT2D eigenvalue weighted by molar-refractivity contribution is 4.83. The van der Waals surface area contributed by atoms with Crippen molar-refractivity contribution in [1.29, 1.82) is 0 Å². The largest absolute Gasteiger partial charge is 0.353 e. The quantitative estimate of drug-likeness (QED) is 0.722. The van der Waals surface area contributed by atoms with Crippen LogP contribution in [-0.2, 0) is 13.6 Å². The van der Waals surface area contributed by atoms with Crippen LogP contribution in [0.3, 0.4) is 0 Å². The van der Waals surface area contributed by atoms with Crippen LogP contribution in [0.25, 0.3) is 0 Å². The maximum absolute atomic E-state index is 11.7. The van der Waals surface area contributed by atoms with Crippen LogP contribution in [0.5, 0.6) is 0 Å². The average molecular weight is 211 g/mol. The zero-order valence-electron chi connectivity index (χ0n) is 9.65. The summed E-state index contributed by atoms with van der Waals surface area (Å²) in [6, 6.07) is 0. The highest BCUT2D eigenvalue weighted by Crippen LogP contribution is 2.00. The summed E-state index contributed by atoms with van der Waals surface area (Å²) in [6.07, 6.45) is 0.934. The number of aromatic nitrogens is 3. The molecule has 0 N–H and O–H groups in total. The van der Waals surface area contributed by atoms with E-state index in [0.717, 1.165) is 6.42 Å². The van der Waals surface area contributed by atoms with Crippen LogP contribution in [0, 0.1) is 12.8 Å². The van der Waals surface area contributed by atoms with Crippen LogP contribution in [0.4, 0.5) is 0 Å². The molecule has 0 saturated heterocycles. The molecule has 0 bridgehead atoms. The Kier molecular flexibility index (Phi) is 3.44. The van der Waals surface area contributed by atoms with Gasteiger partial charge in [-0.25, -0.2) is 14.2 Å². The first-order valence-electron chi connectivity index (χ1n) is 5.11. The van der Waals surface area contributed by atoms with Gasteiger partial charge in [-0.3, -0.25) is 4.57 Å². The molecule has 5 heteroatoms. The van der Waals surface area contributed by atoms with Gasteiger partial charge >= 0.3 is 11.4 Å². The second kappa shape index (κ2) is 4.42. The zero-order chi connectivity index (χ0) is 11.6. The standard InChI is InChI=1S/C10H17N3O2/c1-5-7(2)6-13-9(14)11-8(3)12(4)10(13)15/h7H,5-6H2,1-4H3. The molecule has 0 aliphatic rings. The fraction of sp³-hybridized carbons (Fsp3) is 0.700. The third-order valence-corrected chi connectivity index (χ3v) is 2.68. The van der Waals surface area contributed by atoms with Gasteiger partial charge in [-0.05, 0) is 12.8 Å². The van der Waals surface area contributed by atoms with Crippen molar-refractivity contribution in [2.24, 2.45) is 13.0 Å². The molecule has 84 valence electrons. The molecule has 15 heavy (non-hydrogen) atoms. The van der Waals surface area contributed by atoms with E-state index < -0.39 is 5.69 Å². The van der Waals surface area contributed by atoms with Gasteiger partial charge in [0.2, 0.25) is 0 Å². The molecule has 0 aromatic carbocycles. The number of rotatable bonds is 3. The average Bonchev–Trinajstić information content (AvgIpc) is 2.21. The van der Waals surface area contributed by atoms with Gasteiger partial charge in [0.25, 0.3) is 0 Å². The van der Waals surface area contributed by atoms with Crippen molar-refractivity contribution in [2.75, 3.05) is 0 Å². The lowest BCUT2D eigenvalue weighted by atomic mass is 10.1. The van der Waals surface area contributed by atoms with Crippen molar-refractivity contribution >= 4 is 0 Å². The predicted octanol–water partition coefficient (Wildman–Crippen LogP) is 0.297. The van der Waals surface area contributed by atoms with Crippen LogP contribution in [0.1, 0.15) is 26.1 Å². The van der Waals surface area contributed by atoms with Crippen molar-refractivity contribution in [2.45, 2.75) is 33.7 Å². The number of aryl methyl sites for hydroxylation is 1. The molecule has 0 aliphatic carbocycles. The maximum atomic E-state index is 11.7. The minimum Gasteiger partial charge on any atom is -0.285 e. The highest BCUT2D eigenvalue weighted by Gasteiger charge is 2.09. The van der Waals surface area contributed by atoms with Crippen molar-refractivity contribution < 1.29 is 0 Å². The predicted molar refractivity (Wildman–Crippen MR) is 57.9 cm³/mol. The summed E-state index contributed by atoms with van der Waals surface area (Å²) >= 11 is 0. The van der Waals surface area contributed by atoms with E-state index >= 15 is 0 Å². The Bertz CT molecular complexity index is 459. The molecule has 0 fully saturated rings. The summed E-state index contributed by atoms with van der Waals surface area (Å²) in [4.78, 5) is 27.0. The van der Waals surface area contributed by atoms with Crippen LogP contribution < -0.4 is 11.4 Å². The van der Waals surface area contributed by atoms with Crippen LogP contribution in [-0.4, -0.2) is 14.1 Å². The summed E-state index contributed by atoms with van der Waals surface area (Å²) in [6.45, 7) is 6.12.